The first-order valence-electron chi connectivity index (χ1n) is 8.59. The molecule has 4 aromatic rings. The van der Waals surface area contributed by atoms with Crippen LogP contribution >= 0.6 is 27.7 Å². The molecule has 6 heteroatoms. The van der Waals surface area contributed by atoms with Crippen molar-refractivity contribution < 1.29 is 4.42 Å². The molecule has 136 valence electrons. The molecule has 0 fully saturated rings. The van der Waals surface area contributed by atoms with Crippen LogP contribution in [0.15, 0.2) is 81.0 Å². The first kappa shape index (κ1) is 18.1. The van der Waals surface area contributed by atoms with Gasteiger partial charge in [-0.05, 0) is 36.8 Å². The Morgan fingerprint density at radius 2 is 1.78 bits per heavy atom. The van der Waals surface area contributed by atoms with Gasteiger partial charge in [0.2, 0.25) is 0 Å². The van der Waals surface area contributed by atoms with Crippen LogP contribution in [0.5, 0.6) is 0 Å². The van der Waals surface area contributed by atoms with E-state index in [1.807, 2.05) is 12.1 Å². The van der Waals surface area contributed by atoms with Crippen LogP contribution in [0.4, 0.5) is 0 Å². The third-order valence-electron chi connectivity index (χ3n) is 4.20. The van der Waals surface area contributed by atoms with Gasteiger partial charge in [-0.2, -0.15) is 0 Å². The van der Waals surface area contributed by atoms with E-state index in [0.717, 1.165) is 32.5 Å². The lowest BCUT2D eigenvalue weighted by Gasteiger charge is -2.09. The highest BCUT2D eigenvalue weighted by Crippen LogP contribution is 2.28. The number of hydrogen-bond donors (Lipinski definition) is 0. The zero-order chi connectivity index (χ0) is 18.6. The molecule has 0 aliphatic carbocycles. The summed E-state index contributed by atoms with van der Waals surface area (Å²) in [4.78, 5) is 0. The van der Waals surface area contributed by atoms with Crippen LogP contribution in [0.1, 0.15) is 16.9 Å². The standard InChI is InChI=1S/C21H18BrN3OS/c1-15-4-8-17(9-5-15)20-23-24-21(25(20)13-19-3-2-12-26-19)27-14-16-6-10-18(22)11-7-16/h2-12H,13-14H2,1H3. The molecule has 0 amide bonds. The van der Waals surface area contributed by atoms with Crippen LogP contribution in [0.25, 0.3) is 11.4 Å². The number of thioether (sulfide) groups is 1. The van der Waals surface area contributed by atoms with Crippen LogP contribution < -0.4 is 0 Å². The van der Waals surface area contributed by atoms with E-state index in [-0.39, 0.29) is 0 Å². The molecule has 0 spiro atoms. The van der Waals surface area contributed by atoms with Crippen molar-refractivity contribution in [3.05, 3.63) is 88.3 Å². The molecule has 2 aromatic heterocycles. The average Bonchev–Trinajstić information content (AvgIpc) is 3.33. The average molecular weight is 440 g/mol. The van der Waals surface area contributed by atoms with Gasteiger partial charge in [-0.25, -0.2) is 0 Å². The van der Waals surface area contributed by atoms with Gasteiger partial charge in [0, 0.05) is 15.8 Å². The number of benzene rings is 2. The summed E-state index contributed by atoms with van der Waals surface area (Å²) in [5.74, 6) is 2.57. The maximum Gasteiger partial charge on any atom is 0.192 e. The smallest absolute Gasteiger partial charge is 0.192 e. The quantitative estimate of drug-likeness (QED) is 0.348. The van der Waals surface area contributed by atoms with Gasteiger partial charge >= 0.3 is 0 Å². The first-order valence-corrected chi connectivity index (χ1v) is 10.4. The predicted octanol–water partition coefficient (Wildman–Crippen LogP) is 5.95. The SMILES string of the molecule is Cc1ccc(-c2nnc(SCc3ccc(Br)cc3)n2Cc2ccco2)cc1. The molecule has 4 rings (SSSR count). The lowest BCUT2D eigenvalue weighted by atomic mass is 10.1. The highest BCUT2D eigenvalue weighted by molar-refractivity contribution is 9.10. The Hall–Kier alpha value is -2.31. The second kappa shape index (κ2) is 8.15. The zero-order valence-electron chi connectivity index (χ0n) is 14.8. The normalized spacial score (nSPS) is 11.0. The molecule has 2 aromatic carbocycles. The molecule has 0 bridgehead atoms. The molecule has 0 radical (unpaired) electrons. The summed E-state index contributed by atoms with van der Waals surface area (Å²) in [6.45, 7) is 2.68. The molecule has 0 saturated carbocycles. The third-order valence-corrected chi connectivity index (χ3v) is 5.77. The molecule has 2 heterocycles. The zero-order valence-corrected chi connectivity index (χ0v) is 17.2. The van der Waals surface area contributed by atoms with Gasteiger partial charge in [-0.1, -0.05) is 69.7 Å². The molecule has 0 aliphatic rings. The second-order valence-corrected chi connectivity index (χ2v) is 8.11. The van der Waals surface area contributed by atoms with Gasteiger partial charge in [0.15, 0.2) is 11.0 Å². The Kier molecular flexibility index (Phi) is 5.45. The molecule has 0 unspecified atom stereocenters. The monoisotopic (exact) mass is 439 g/mol. The van der Waals surface area contributed by atoms with Crippen LogP contribution in [-0.4, -0.2) is 14.8 Å². The van der Waals surface area contributed by atoms with Crippen molar-refractivity contribution >= 4 is 27.7 Å². The first-order chi connectivity index (χ1) is 13.2. The Morgan fingerprint density at radius 1 is 1.00 bits per heavy atom. The van der Waals surface area contributed by atoms with Gasteiger partial charge in [0.05, 0.1) is 12.8 Å². The van der Waals surface area contributed by atoms with E-state index >= 15 is 0 Å². The van der Waals surface area contributed by atoms with E-state index < -0.39 is 0 Å². The fraction of sp³-hybridized carbons (Fsp3) is 0.143. The van der Waals surface area contributed by atoms with Crippen LogP contribution in [-0.2, 0) is 12.3 Å². The van der Waals surface area contributed by atoms with Gasteiger partial charge in [0.25, 0.3) is 0 Å². The molecule has 4 nitrogen and oxygen atoms in total. The Bertz CT molecular complexity index is 1010. The van der Waals surface area contributed by atoms with E-state index in [9.17, 15) is 0 Å². The van der Waals surface area contributed by atoms with Crippen molar-refractivity contribution in [1.82, 2.24) is 14.8 Å². The maximum absolute atomic E-state index is 5.56. The van der Waals surface area contributed by atoms with Crippen molar-refractivity contribution in [1.29, 1.82) is 0 Å². The summed E-state index contributed by atoms with van der Waals surface area (Å²) in [5, 5.41) is 9.80. The van der Waals surface area contributed by atoms with Crippen molar-refractivity contribution in [2.45, 2.75) is 24.4 Å². The number of hydrogen-bond acceptors (Lipinski definition) is 4. The lowest BCUT2D eigenvalue weighted by Crippen LogP contribution is -2.03. The number of halogens is 1. The van der Waals surface area contributed by atoms with Crippen molar-refractivity contribution in [3.8, 4) is 11.4 Å². The number of rotatable bonds is 6. The van der Waals surface area contributed by atoms with Gasteiger partial charge in [-0.15, -0.1) is 10.2 Å². The van der Waals surface area contributed by atoms with Crippen LogP contribution in [0, 0.1) is 6.92 Å². The van der Waals surface area contributed by atoms with E-state index in [1.54, 1.807) is 18.0 Å². The maximum atomic E-state index is 5.56. The highest BCUT2D eigenvalue weighted by atomic mass is 79.9. The second-order valence-electron chi connectivity index (χ2n) is 6.25. The summed E-state index contributed by atoms with van der Waals surface area (Å²) < 4.78 is 8.76. The molecule has 0 aliphatic heterocycles. The Morgan fingerprint density at radius 3 is 2.48 bits per heavy atom. The molecular formula is C21H18BrN3OS. The molecule has 27 heavy (non-hydrogen) atoms. The van der Waals surface area contributed by atoms with Crippen molar-refractivity contribution in [3.63, 3.8) is 0 Å². The minimum absolute atomic E-state index is 0.603. The van der Waals surface area contributed by atoms with Gasteiger partial charge in [0.1, 0.15) is 5.76 Å². The molecular weight excluding hydrogens is 422 g/mol. The molecule has 0 atom stereocenters. The topological polar surface area (TPSA) is 43.9 Å². The van der Waals surface area contributed by atoms with E-state index in [0.29, 0.717) is 6.54 Å². The third kappa shape index (κ3) is 4.34. The van der Waals surface area contributed by atoms with E-state index in [2.05, 4.69) is 86.1 Å². The Labute approximate surface area is 170 Å². The summed E-state index contributed by atoms with van der Waals surface area (Å²) in [6, 6.07) is 20.6. The van der Waals surface area contributed by atoms with Crippen molar-refractivity contribution in [2.75, 3.05) is 0 Å². The summed E-state index contributed by atoms with van der Waals surface area (Å²) in [5.41, 5.74) is 3.52. The highest BCUT2D eigenvalue weighted by Gasteiger charge is 2.16. The number of aryl methyl sites for hydroxylation is 1. The largest absolute Gasteiger partial charge is 0.467 e. The lowest BCUT2D eigenvalue weighted by molar-refractivity contribution is 0.485. The molecule has 0 saturated heterocycles. The van der Waals surface area contributed by atoms with Crippen LogP contribution in [0.2, 0.25) is 0 Å². The number of aromatic nitrogens is 3. The predicted molar refractivity (Wildman–Crippen MR) is 112 cm³/mol. The number of nitrogens with zero attached hydrogens (tertiary/aromatic N) is 3. The van der Waals surface area contributed by atoms with E-state index in [4.69, 9.17) is 4.42 Å². The Balaban J connectivity index is 1.63. The van der Waals surface area contributed by atoms with Crippen LogP contribution in [0.3, 0.4) is 0 Å². The number of furan rings is 1. The summed E-state index contributed by atoms with van der Waals surface area (Å²) in [6.07, 6.45) is 1.69. The summed E-state index contributed by atoms with van der Waals surface area (Å²) >= 11 is 5.16. The van der Waals surface area contributed by atoms with Gasteiger partial charge < -0.3 is 4.42 Å². The minimum Gasteiger partial charge on any atom is -0.467 e. The van der Waals surface area contributed by atoms with E-state index in [1.165, 1.54) is 11.1 Å². The fourth-order valence-electron chi connectivity index (χ4n) is 2.74. The molecule has 0 N–H and O–H groups in total. The minimum atomic E-state index is 0.603. The summed E-state index contributed by atoms with van der Waals surface area (Å²) in [7, 11) is 0. The van der Waals surface area contributed by atoms with Gasteiger partial charge in [-0.3, -0.25) is 4.57 Å². The fourth-order valence-corrected chi connectivity index (χ4v) is 3.90. The van der Waals surface area contributed by atoms with Crippen molar-refractivity contribution in [2.24, 2.45) is 0 Å².